The third-order valence-corrected chi connectivity index (χ3v) is 2.30. The Balaban J connectivity index is 2.85. The number of nitrogens with one attached hydrogen (secondary N) is 1. The van der Waals surface area contributed by atoms with Gasteiger partial charge in [-0.2, -0.15) is 5.26 Å². The molecule has 0 bridgehead atoms. The monoisotopic (exact) mass is 277 g/mol. The van der Waals surface area contributed by atoms with Crippen LogP contribution in [0, 0.1) is 17.1 Å². The first kappa shape index (κ1) is 15.2. The predicted molar refractivity (Wildman–Crippen MR) is 69.5 cm³/mol. The number of anilines is 1. The van der Waals surface area contributed by atoms with Crippen LogP contribution >= 0.6 is 0 Å². The van der Waals surface area contributed by atoms with Crippen LogP contribution in [0.2, 0.25) is 0 Å². The van der Waals surface area contributed by atoms with Crippen molar-refractivity contribution >= 4 is 17.7 Å². The first-order valence-corrected chi connectivity index (χ1v) is 5.56. The number of nitriles is 1. The fourth-order valence-electron chi connectivity index (χ4n) is 1.43. The van der Waals surface area contributed by atoms with E-state index >= 15 is 0 Å². The van der Waals surface area contributed by atoms with E-state index in [2.05, 4.69) is 11.9 Å². The normalized spacial score (nSPS) is 9.40. The minimum atomic E-state index is -1.17. The third-order valence-electron chi connectivity index (χ3n) is 2.30. The van der Waals surface area contributed by atoms with Crippen LogP contribution in [0.3, 0.4) is 0 Å². The molecule has 0 aliphatic carbocycles. The molecule has 104 valence electrons. The number of carboxylic acid groups (broad SMARTS) is 1. The van der Waals surface area contributed by atoms with Crippen molar-refractivity contribution in [2.45, 2.75) is 0 Å². The number of benzene rings is 1. The van der Waals surface area contributed by atoms with Gasteiger partial charge in [-0.25, -0.2) is 9.18 Å². The van der Waals surface area contributed by atoms with Gasteiger partial charge in [-0.1, -0.05) is 6.08 Å². The summed E-state index contributed by atoms with van der Waals surface area (Å²) in [7, 11) is 0. The molecule has 0 atom stereocenters. The van der Waals surface area contributed by atoms with E-state index in [0.29, 0.717) is 0 Å². The largest absolute Gasteiger partial charge is 0.480 e. The standard InChI is InChI=1S/C13H12FN3O3/c1-2-5-17(8-12(18)19)13(20)16-10-3-4-11(14)9(6-10)7-15/h2-4,6H,1,5,8H2,(H,16,20)(H,18,19). The molecule has 2 amide bonds. The quantitative estimate of drug-likeness (QED) is 0.802. The minimum Gasteiger partial charge on any atom is -0.480 e. The average Bonchev–Trinajstić information content (AvgIpc) is 2.40. The van der Waals surface area contributed by atoms with Crippen molar-refractivity contribution in [1.82, 2.24) is 4.90 Å². The molecule has 0 saturated carbocycles. The Morgan fingerprint density at radius 1 is 1.55 bits per heavy atom. The van der Waals surface area contributed by atoms with Crippen LogP contribution in [0.25, 0.3) is 0 Å². The number of rotatable bonds is 5. The fraction of sp³-hybridized carbons (Fsp3) is 0.154. The van der Waals surface area contributed by atoms with Crippen LogP contribution in [0.15, 0.2) is 30.9 Å². The Labute approximate surface area is 114 Å². The maximum Gasteiger partial charge on any atom is 0.323 e. The first-order valence-electron chi connectivity index (χ1n) is 5.56. The zero-order valence-corrected chi connectivity index (χ0v) is 10.5. The highest BCUT2D eigenvalue weighted by Crippen LogP contribution is 2.14. The molecule has 0 spiro atoms. The molecule has 0 aliphatic rings. The van der Waals surface area contributed by atoms with Gasteiger partial charge in [0.25, 0.3) is 0 Å². The molecule has 0 fully saturated rings. The van der Waals surface area contributed by atoms with Gasteiger partial charge in [-0.15, -0.1) is 6.58 Å². The predicted octanol–water partition coefficient (Wildman–Crippen LogP) is 1.80. The first-order chi connectivity index (χ1) is 9.47. The highest BCUT2D eigenvalue weighted by molar-refractivity contribution is 5.91. The van der Waals surface area contributed by atoms with Gasteiger partial charge in [0.1, 0.15) is 18.4 Å². The second-order valence-electron chi connectivity index (χ2n) is 3.80. The van der Waals surface area contributed by atoms with Crippen LogP contribution in [0.4, 0.5) is 14.9 Å². The van der Waals surface area contributed by atoms with Crippen molar-refractivity contribution in [2.75, 3.05) is 18.4 Å². The molecule has 0 saturated heterocycles. The van der Waals surface area contributed by atoms with Crippen LogP contribution in [-0.2, 0) is 4.79 Å². The van der Waals surface area contributed by atoms with Gasteiger partial charge in [0.15, 0.2) is 0 Å². The molecule has 0 heterocycles. The summed E-state index contributed by atoms with van der Waals surface area (Å²) < 4.78 is 13.1. The van der Waals surface area contributed by atoms with Gasteiger partial charge in [-0.3, -0.25) is 4.79 Å². The van der Waals surface area contributed by atoms with E-state index in [1.54, 1.807) is 6.07 Å². The lowest BCUT2D eigenvalue weighted by molar-refractivity contribution is -0.137. The van der Waals surface area contributed by atoms with Crippen molar-refractivity contribution in [1.29, 1.82) is 5.26 Å². The van der Waals surface area contributed by atoms with Gasteiger partial charge in [0.2, 0.25) is 0 Å². The Morgan fingerprint density at radius 3 is 2.80 bits per heavy atom. The SMILES string of the molecule is C=CCN(CC(=O)O)C(=O)Nc1ccc(F)c(C#N)c1. The summed E-state index contributed by atoms with van der Waals surface area (Å²) in [6.45, 7) is 2.98. The van der Waals surface area contributed by atoms with Gasteiger partial charge in [-0.05, 0) is 18.2 Å². The Hall–Kier alpha value is -2.88. The van der Waals surface area contributed by atoms with E-state index in [9.17, 15) is 14.0 Å². The smallest absolute Gasteiger partial charge is 0.323 e. The third kappa shape index (κ3) is 4.10. The van der Waals surface area contributed by atoms with Crippen molar-refractivity contribution in [2.24, 2.45) is 0 Å². The lowest BCUT2D eigenvalue weighted by Crippen LogP contribution is -2.38. The number of amides is 2. The van der Waals surface area contributed by atoms with E-state index in [-0.39, 0.29) is 17.8 Å². The number of carbonyl (C=O) groups is 2. The van der Waals surface area contributed by atoms with E-state index in [1.807, 2.05) is 0 Å². The molecular formula is C13H12FN3O3. The van der Waals surface area contributed by atoms with Crippen molar-refractivity contribution in [3.8, 4) is 6.07 Å². The van der Waals surface area contributed by atoms with E-state index in [0.717, 1.165) is 11.0 Å². The number of carbonyl (C=O) groups excluding carboxylic acids is 1. The zero-order chi connectivity index (χ0) is 15.1. The topological polar surface area (TPSA) is 93.4 Å². The van der Waals surface area contributed by atoms with Crippen LogP contribution < -0.4 is 5.32 Å². The number of hydrogen-bond donors (Lipinski definition) is 2. The maximum atomic E-state index is 13.1. The summed E-state index contributed by atoms with van der Waals surface area (Å²) in [5.41, 5.74) is -0.0105. The molecule has 0 aromatic heterocycles. The van der Waals surface area contributed by atoms with Gasteiger partial charge in [0, 0.05) is 12.2 Å². The van der Waals surface area contributed by atoms with Gasteiger partial charge < -0.3 is 15.3 Å². The van der Waals surface area contributed by atoms with E-state index in [4.69, 9.17) is 10.4 Å². The summed E-state index contributed by atoms with van der Waals surface area (Å²) >= 11 is 0. The molecule has 2 N–H and O–H groups in total. The van der Waals surface area contributed by atoms with Crippen LogP contribution in [0.5, 0.6) is 0 Å². The number of hydrogen-bond acceptors (Lipinski definition) is 3. The van der Waals surface area contributed by atoms with Crippen LogP contribution in [-0.4, -0.2) is 35.1 Å². The zero-order valence-electron chi connectivity index (χ0n) is 10.5. The molecule has 1 rings (SSSR count). The molecule has 7 heteroatoms. The second kappa shape index (κ2) is 6.89. The maximum absolute atomic E-state index is 13.1. The second-order valence-corrected chi connectivity index (χ2v) is 3.80. The summed E-state index contributed by atoms with van der Waals surface area (Å²) in [5, 5.41) is 19.8. The fourth-order valence-corrected chi connectivity index (χ4v) is 1.43. The number of carboxylic acids is 1. The van der Waals surface area contributed by atoms with E-state index < -0.39 is 24.4 Å². The molecule has 6 nitrogen and oxygen atoms in total. The molecule has 1 aromatic rings. The average molecular weight is 277 g/mol. The van der Waals surface area contributed by atoms with Crippen molar-refractivity contribution < 1.29 is 19.1 Å². The lowest BCUT2D eigenvalue weighted by atomic mass is 10.2. The van der Waals surface area contributed by atoms with Gasteiger partial charge >= 0.3 is 12.0 Å². The Kier molecular flexibility index (Phi) is 5.23. The summed E-state index contributed by atoms with van der Waals surface area (Å²) in [6.07, 6.45) is 1.38. The number of halogens is 1. The molecular weight excluding hydrogens is 265 g/mol. The number of nitrogens with zero attached hydrogens (tertiary/aromatic N) is 2. The molecule has 0 unspecified atom stereocenters. The van der Waals surface area contributed by atoms with Gasteiger partial charge in [0.05, 0.1) is 5.56 Å². The Morgan fingerprint density at radius 2 is 2.25 bits per heavy atom. The number of aliphatic carboxylic acids is 1. The number of urea groups is 1. The van der Waals surface area contributed by atoms with Crippen molar-refractivity contribution in [3.63, 3.8) is 0 Å². The molecule has 0 radical (unpaired) electrons. The summed E-state index contributed by atoms with van der Waals surface area (Å²) in [5.74, 6) is -1.86. The highest BCUT2D eigenvalue weighted by Gasteiger charge is 2.16. The highest BCUT2D eigenvalue weighted by atomic mass is 19.1. The molecule has 20 heavy (non-hydrogen) atoms. The Bertz CT molecular complexity index is 581. The van der Waals surface area contributed by atoms with E-state index in [1.165, 1.54) is 18.2 Å². The lowest BCUT2D eigenvalue weighted by Gasteiger charge is -2.19. The molecule has 1 aromatic carbocycles. The van der Waals surface area contributed by atoms with Crippen LogP contribution in [0.1, 0.15) is 5.56 Å². The minimum absolute atomic E-state index is 0.0461. The summed E-state index contributed by atoms with van der Waals surface area (Å²) in [6, 6.07) is 4.46. The summed E-state index contributed by atoms with van der Waals surface area (Å²) in [4.78, 5) is 23.5. The van der Waals surface area contributed by atoms with Crippen molar-refractivity contribution in [3.05, 3.63) is 42.2 Å². The molecule has 0 aliphatic heterocycles.